The molecule has 0 aromatic heterocycles. The number of rotatable bonds is 5. The summed E-state index contributed by atoms with van der Waals surface area (Å²) in [6.07, 6.45) is 4.24. The maximum absolute atomic E-state index is 12.5. The van der Waals surface area contributed by atoms with Crippen LogP contribution in [-0.2, 0) is 14.8 Å². The fourth-order valence-electron chi connectivity index (χ4n) is 2.97. The van der Waals surface area contributed by atoms with Crippen molar-refractivity contribution in [1.29, 1.82) is 0 Å². The Morgan fingerprint density at radius 3 is 2.54 bits per heavy atom. The minimum atomic E-state index is -3.36. The number of nitrogens with zero attached hydrogens (tertiary/aromatic N) is 1. The second-order valence-electron chi connectivity index (χ2n) is 6.11. The molecule has 1 atom stereocenters. The Hall–Kier alpha value is -1.22. The van der Waals surface area contributed by atoms with Crippen LogP contribution in [0.2, 0.25) is 0 Å². The highest BCUT2D eigenvalue weighted by Gasteiger charge is 2.26. The SMILES string of the molecule is O=S(=O)(c1ccc(NC(=S)NC[C@@H]2CCCO2)cc1)N1CCCC1. The molecule has 0 saturated carbocycles. The molecular weight excluding hydrogens is 346 g/mol. The van der Waals surface area contributed by atoms with Gasteiger partial charge in [0.15, 0.2) is 5.11 Å². The first-order valence-electron chi connectivity index (χ1n) is 8.32. The van der Waals surface area contributed by atoms with Gasteiger partial charge in [0, 0.05) is 31.9 Å². The predicted molar refractivity (Wildman–Crippen MR) is 97.6 cm³/mol. The summed E-state index contributed by atoms with van der Waals surface area (Å²) in [5.41, 5.74) is 0.764. The third-order valence-electron chi connectivity index (χ3n) is 4.33. The van der Waals surface area contributed by atoms with Crippen molar-refractivity contribution >= 4 is 33.0 Å². The van der Waals surface area contributed by atoms with Gasteiger partial charge in [0.1, 0.15) is 0 Å². The van der Waals surface area contributed by atoms with E-state index < -0.39 is 10.0 Å². The Morgan fingerprint density at radius 2 is 1.92 bits per heavy atom. The average molecular weight is 370 g/mol. The Bertz CT molecular complexity index is 664. The van der Waals surface area contributed by atoms with Crippen LogP contribution < -0.4 is 10.6 Å². The van der Waals surface area contributed by atoms with Gasteiger partial charge in [0.2, 0.25) is 10.0 Å². The van der Waals surface area contributed by atoms with Crippen molar-refractivity contribution in [3.05, 3.63) is 24.3 Å². The Morgan fingerprint density at radius 1 is 1.21 bits per heavy atom. The number of anilines is 1. The summed E-state index contributed by atoms with van der Waals surface area (Å²) in [6.45, 7) is 2.73. The van der Waals surface area contributed by atoms with Gasteiger partial charge in [-0.25, -0.2) is 8.42 Å². The molecule has 1 aromatic rings. The van der Waals surface area contributed by atoms with Crippen molar-refractivity contribution in [3.63, 3.8) is 0 Å². The zero-order valence-corrected chi connectivity index (χ0v) is 15.2. The third-order valence-corrected chi connectivity index (χ3v) is 6.49. The van der Waals surface area contributed by atoms with E-state index in [1.807, 2.05) is 0 Å². The van der Waals surface area contributed by atoms with Crippen LogP contribution in [-0.4, -0.2) is 50.2 Å². The van der Waals surface area contributed by atoms with Crippen molar-refractivity contribution in [2.24, 2.45) is 0 Å². The minimum absolute atomic E-state index is 0.220. The molecule has 2 heterocycles. The van der Waals surface area contributed by atoms with Crippen LogP contribution in [0.4, 0.5) is 5.69 Å². The molecule has 8 heteroatoms. The Balaban J connectivity index is 1.55. The number of thiocarbonyl (C=S) groups is 1. The van der Waals surface area contributed by atoms with Crippen LogP contribution in [0.1, 0.15) is 25.7 Å². The summed E-state index contributed by atoms with van der Waals surface area (Å²) in [6, 6.07) is 6.73. The largest absolute Gasteiger partial charge is 0.376 e. The summed E-state index contributed by atoms with van der Waals surface area (Å²) in [5.74, 6) is 0. The van der Waals surface area contributed by atoms with E-state index in [1.165, 1.54) is 0 Å². The van der Waals surface area contributed by atoms with Gasteiger partial charge in [-0.15, -0.1) is 0 Å². The molecule has 132 valence electrons. The van der Waals surface area contributed by atoms with Crippen LogP contribution in [0.15, 0.2) is 29.2 Å². The number of nitrogens with one attached hydrogen (secondary N) is 2. The normalized spacial score (nSPS) is 21.8. The lowest BCUT2D eigenvalue weighted by Crippen LogP contribution is -2.34. The van der Waals surface area contributed by atoms with Gasteiger partial charge < -0.3 is 15.4 Å². The molecule has 0 radical (unpaired) electrons. The molecule has 2 saturated heterocycles. The lowest BCUT2D eigenvalue weighted by atomic mass is 10.2. The highest BCUT2D eigenvalue weighted by molar-refractivity contribution is 7.89. The van der Waals surface area contributed by atoms with E-state index in [9.17, 15) is 8.42 Å². The van der Waals surface area contributed by atoms with Crippen LogP contribution in [0.25, 0.3) is 0 Å². The maximum Gasteiger partial charge on any atom is 0.243 e. The van der Waals surface area contributed by atoms with Crippen molar-refractivity contribution in [1.82, 2.24) is 9.62 Å². The summed E-state index contributed by atoms with van der Waals surface area (Å²) in [7, 11) is -3.36. The number of hydrogen-bond donors (Lipinski definition) is 2. The first-order valence-corrected chi connectivity index (χ1v) is 10.2. The molecule has 0 spiro atoms. The van der Waals surface area contributed by atoms with Gasteiger partial charge in [-0.2, -0.15) is 4.31 Å². The van der Waals surface area contributed by atoms with Gasteiger partial charge in [-0.1, -0.05) is 0 Å². The molecule has 1 aromatic carbocycles. The molecule has 0 bridgehead atoms. The van der Waals surface area contributed by atoms with E-state index in [2.05, 4.69) is 10.6 Å². The second-order valence-corrected chi connectivity index (χ2v) is 8.45. The van der Waals surface area contributed by atoms with E-state index in [0.29, 0.717) is 29.6 Å². The Kier molecular flexibility index (Phi) is 5.70. The summed E-state index contributed by atoms with van der Waals surface area (Å²) < 4.78 is 32.0. The lowest BCUT2D eigenvalue weighted by Gasteiger charge is -2.16. The Labute approximate surface area is 148 Å². The molecule has 2 fully saturated rings. The highest BCUT2D eigenvalue weighted by atomic mass is 32.2. The summed E-state index contributed by atoms with van der Waals surface area (Å²) >= 11 is 5.26. The number of sulfonamides is 1. The molecule has 0 aliphatic carbocycles. The zero-order chi connectivity index (χ0) is 17.0. The van der Waals surface area contributed by atoms with Gasteiger partial charge in [-0.05, 0) is 62.2 Å². The molecule has 2 aliphatic heterocycles. The molecule has 6 nitrogen and oxygen atoms in total. The molecule has 3 rings (SSSR count). The molecule has 2 N–H and O–H groups in total. The standard InChI is InChI=1S/C16H23N3O3S2/c20-24(21,19-9-1-2-10-19)15-7-5-13(6-8-15)18-16(23)17-12-14-4-3-11-22-14/h5-8,14H,1-4,9-12H2,(H2,17,18,23)/t14-/m0/s1. The van der Waals surface area contributed by atoms with Gasteiger partial charge in [-0.3, -0.25) is 0 Å². The second kappa shape index (κ2) is 7.77. The number of hydrogen-bond acceptors (Lipinski definition) is 4. The van der Waals surface area contributed by atoms with Crippen LogP contribution in [0, 0.1) is 0 Å². The molecular formula is C16H23N3O3S2. The van der Waals surface area contributed by atoms with E-state index in [4.69, 9.17) is 17.0 Å². The van der Waals surface area contributed by atoms with Crippen molar-refractivity contribution in [3.8, 4) is 0 Å². The fourth-order valence-corrected chi connectivity index (χ4v) is 4.69. The van der Waals surface area contributed by atoms with Crippen LogP contribution in [0.5, 0.6) is 0 Å². The van der Waals surface area contributed by atoms with E-state index in [0.717, 1.165) is 38.0 Å². The fraction of sp³-hybridized carbons (Fsp3) is 0.562. The van der Waals surface area contributed by atoms with Gasteiger partial charge in [0.05, 0.1) is 11.0 Å². The highest BCUT2D eigenvalue weighted by Crippen LogP contribution is 2.22. The molecule has 0 amide bonds. The first-order chi connectivity index (χ1) is 11.6. The third kappa shape index (κ3) is 4.24. The van der Waals surface area contributed by atoms with Crippen molar-refractivity contribution < 1.29 is 13.2 Å². The zero-order valence-electron chi connectivity index (χ0n) is 13.5. The average Bonchev–Trinajstić information content (AvgIpc) is 3.27. The molecule has 0 unspecified atom stereocenters. The van der Waals surface area contributed by atoms with Crippen LogP contribution in [0.3, 0.4) is 0 Å². The van der Waals surface area contributed by atoms with E-state index in [-0.39, 0.29) is 6.10 Å². The maximum atomic E-state index is 12.5. The monoisotopic (exact) mass is 369 g/mol. The van der Waals surface area contributed by atoms with Gasteiger partial charge >= 0.3 is 0 Å². The quantitative estimate of drug-likeness (QED) is 0.773. The molecule has 24 heavy (non-hydrogen) atoms. The first kappa shape index (κ1) is 17.6. The number of benzene rings is 1. The van der Waals surface area contributed by atoms with Gasteiger partial charge in [0.25, 0.3) is 0 Å². The lowest BCUT2D eigenvalue weighted by molar-refractivity contribution is 0.114. The van der Waals surface area contributed by atoms with E-state index >= 15 is 0 Å². The summed E-state index contributed by atoms with van der Waals surface area (Å²) in [4.78, 5) is 0.327. The molecule has 2 aliphatic rings. The van der Waals surface area contributed by atoms with Crippen molar-refractivity contribution in [2.75, 3.05) is 31.6 Å². The van der Waals surface area contributed by atoms with E-state index in [1.54, 1.807) is 28.6 Å². The minimum Gasteiger partial charge on any atom is -0.376 e. The topological polar surface area (TPSA) is 70.7 Å². The number of ether oxygens (including phenoxy) is 1. The predicted octanol–water partition coefficient (Wildman–Crippen LogP) is 1.94. The van der Waals surface area contributed by atoms with Crippen LogP contribution >= 0.6 is 12.2 Å². The summed E-state index contributed by atoms with van der Waals surface area (Å²) in [5, 5.41) is 6.72. The smallest absolute Gasteiger partial charge is 0.243 e. The van der Waals surface area contributed by atoms with Crippen molar-refractivity contribution in [2.45, 2.75) is 36.7 Å².